The van der Waals surface area contributed by atoms with Crippen molar-refractivity contribution in [3.8, 4) is 0 Å². The maximum atomic E-state index is 12.9. The van der Waals surface area contributed by atoms with Crippen LogP contribution in [0.4, 0.5) is 4.39 Å². The van der Waals surface area contributed by atoms with E-state index in [4.69, 9.17) is 0 Å². The molecule has 0 aromatic heterocycles. The molecule has 26 heavy (non-hydrogen) atoms. The number of benzene rings is 2. The Labute approximate surface area is 150 Å². The predicted octanol–water partition coefficient (Wildman–Crippen LogP) is 1.13. The Balaban J connectivity index is 2.04. The van der Waals surface area contributed by atoms with Gasteiger partial charge >= 0.3 is 5.97 Å². The number of halogens is 1. The SMILES string of the molecule is COC(=O)[C@@H](NC(=O)CNS(=O)(=O)c1ccc(F)cc1)c1ccccc1. The number of sulfonamides is 1. The largest absolute Gasteiger partial charge is 0.467 e. The molecule has 0 bridgehead atoms. The van der Waals surface area contributed by atoms with E-state index in [0.717, 1.165) is 24.3 Å². The van der Waals surface area contributed by atoms with Crippen molar-refractivity contribution in [1.29, 1.82) is 0 Å². The number of methoxy groups -OCH3 is 1. The Morgan fingerprint density at radius 1 is 1.08 bits per heavy atom. The Kier molecular flexibility index (Phi) is 6.42. The monoisotopic (exact) mass is 380 g/mol. The van der Waals surface area contributed by atoms with Crippen LogP contribution in [-0.2, 0) is 24.3 Å². The number of ether oxygens (including phenoxy) is 1. The molecule has 9 heteroatoms. The number of carbonyl (C=O) groups is 2. The van der Waals surface area contributed by atoms with Crippen LogP contribution in [-0.4, -0.2) is 33.9 Å². The van der Waals surface area contributed by atoms with Gasteiger partial charge in [-0.1, -0.05) is 30.3 Å². The topological polar surface area (TPSA) is 102 Å². The molecular weight excluding hydrogens is 363 g/mol. The Morgan fingerprint density at radius 3 is 2.27 bits per heavy atom. The lowest BCUT2D eigenvalue weighted by atomic mass is 10.1. The van der Waals surface area contributed by atoms with E-state index >= 15 is 0 Å². The number of carbonyl (C=O) groups excluding carboxylic acids is 2. The van der Waals surface area contributed by atoms with E-state index in [1.54, 1.807) is 30.3 Å². The first-order valence-corrected chi connectivity index (χ1v) is 8.99. The summed E-state index contributed by atoms with van der Waals surface area (Å²) in [7, 11) is -2.81. The van der Waals surface area contributed by atoms with Crippen LogP contribution >= 0.6 is 0 Å². The molecule has 2 rings (SSSR count). The molecule has 2 N–H and O–H groups in total. The van der Waals surface area contributed by atoms with Crippen molar-refractivity contribution in [1.82, 2.24) is 10.0 Å². The molecule has 7 nitrogen and oxygen atoms in total. The minimum Gasteiger partial charge on any atom is -0.467 e. The molecular formula is C17H17FN2O5S. The van der Waals surface area contributed by atoms with Crippen molar-refractivity contribution in [2.75, 3.05) is 13.7 Å². The van der Waals surface area contributed by atoms with E-state index < -0.39 is 40.3 Å². The quantitative estimate of drug-likeness (QED) is 0.702. The second-order valence-corrected chi connectivity index (χ2v) is 6.98. The maximum absolute atomic E-state index is 12.9. The van der Waals surface area contributed by atoms with Gasteiger partial charge in [0.25, 0.3) is 0 Å². The van der Waals surface area contributed by atoms with Crippen molar-refractivity contribution in [3.05, 3.63) is 66.0 Å². The summed E-state index contributed by atoms with van der Waals surface area (Å²) in [5, 5.41) is 2.42. The van der Waals surface area contributed by atoms with Gasteiger partial charge in [0, 0.05) is 0 Å². The van der Waals surface area contributed by atoms with Crippen LogP contribution in [0.3, 0.4) is 0 Å². The van der Waals surface area contributed by atoms with E-state index in [2.05, 4.69) is 14.8 Å². The summed E-state index contributed by atoms with van der Waals surface area (Å²) in [6, 6.07) is 11.5. The average Bonchev–Trinajstić information content (AvgIpc) is 2.65. The number of hydrogen-bond acceptors (Lipinski definition) is 5. The third kappa shape index (κ3) is 5.11. The highest BCUT2D eigenvalue weighted by Gasteiger charge is 2.24. The van der Waals surface area contributed by atoms with Gasteiger partial charge in [-0.2, -0.15) is 0 Å². The number of hydrogen-bond donors (Lipinski definition) is 2. The summed E-state index contributed by atoms with van der Waals surface area (Å²) in [5.74, 6) is -1.99. The van der Waals surface area contributed by atoms with Crippen molar-refractivity contribution >= 4 is 21.9 Å². The van der Waals surface area contributed by atoms with E-state index in [0.29, 0.717) is 5.56 Å². The zero-order chi connectivity index (χ0) is 19.2. The first kappa shape index (κ1) is 19.5. The minimum atomic E-state index is -3.99. The maximum Gasteiger partial charge on any atom is 0.333 e. The van der Waals surface area contributed by atoms with Gasteiger partial charge in [-0.25, -0.2) is 22.3 Å². The highest BCUT2D eigenvalue weighted by Crippen LogP contribution is 2.14. The van der Waals surface area contributed by atoms with Crippen LogP contribution in [0.5, 0.6) is 0 Å². The summed E-state index contributed by atoms with van der Waals surface area (Å²) in [6.07, 6.45) is 0. The van der Waals surface area contributed by atoms with E-state index in [9.17, 15) is 22.4 Å². The average molecular weight is 380 g/mol. The Bertz CT molecular complexity index is 870. The second-order valence-electron chi connectivity index (χ2n) is 5.21. The van der Waals surface area contributed by atoms with E-state index in [1.807, 2.05) is 0 Å². The number of amides is 1. The number of nitrogens with one attached hydrogen (secondary N) is 2. The van der Waals surface area contributed by atoms with Crippen molar-refractivity contribution < 1.29 is 27.1 Å². The summed E-state index contributed by atoms with van der Waals surface area (Å²) in [5.41, 5.74) is 0.495. The molecule has 138 valence electrons. The minimum absolute atomic E-state index is 0.181. The normalized spacial score (nSPS) is 12.2. The van der Waals surface area contributed by atoms with Gasteiger partial charge in [0.1, 0.15) is 5.82 Å². The van der Waals surface area contributed by atoms with Crippen LogP contribution in [0, 0.1) is 5.82 Å². The molecule has 0 radical (unpaired) electrons. The zero-order valence-corrected chi connectivity index (χ0v) is 14.6. The lowest BCUT2D eigenvalue weighted by Crippen LogP contribution is -2.41. The summed E-state index contributed by atoms with van der Waals surface area (Å²) in [6.45, 7) is -0.597. The van der Waals surface area contributed by atoms with Crippen LogP contribution in [0.25, 0.3) is 0 Å². The fourth-order valence-corrected chi connectivity index (χ4v) is 3.09. The number of esters is 1. The summed E-state index contributed by atoms with van der Waals surface area (Å²) < 4.78 is 43.8. The first-order valence-electron chi connectivity index (χ1n) is 7.51. The molecule has 2 aromatic rings. The lowest BCUT2D eigenvalue weighted by Gasteiger charge is -2.17. The molecule has 1 atom stereocenters. The van der Waals surface area contributed by atoms with Gasteiger partial charge in [-0.05, 0) is 29.8 Å². The van der Waals surface area contributed by atoms with Crippen LogP contribution in [0.2, 0.25) is 0 Å². The lowest BCUT2D eigenvalue weighted by molar-refractivity contribution is -0.145. The van der Waals surface area contributed by atoms with E-state index in [-0.39, 0.29) is 4.90 Å². The molecule has 0 saturated heterocycles. The molecule has 0 fully saturated rings. The van der Waals surface area contributed by atoms with Gasteiger partial charge < -0.3 is 10.1 Å². The Hall–Kier alpha value is -2.78. The smallest absolute Gasteiger partial charge is 0.333 e. The van der Waals surface area contributed by atoms with Crippen molar-refractivity contribution in [2.45, 2.75) is 10.9 Å². The molecule has 2 aromatic carbocycles. The second kappa shape index (κ2) is 8.54. The third-order valence-electron chi connectivity index (χ3n) is 3.42. The van der Waals surface area contributed by atoms with Crippen LogP contribution < -0.4 is 10.0 Å². The highest BCUT2D eigenvalue weighted by atomic mass is 32.2. The fraction of sp³-hybridized carbons (Fsp3) is 0.176. The highest BCUT2D eigenvalue weighted by molar-refractivity contribution is 7.89. The molecule has 0 unspecified atom stereocenters. The first-order chi connectivity index (χ1) is 12.3. The van der Waals surface area contributed by atoms with Crippen molar-refractivity contribution in [3.63, 3.8) is 0 Å². The number of rotatable bonds is 7. The molecule has 0 aliphatic rings. The van der Waals surface area contributed by atoms with Gasteiger partial charge in [0.2, 0.25) is 15.9 Å². The van der Waals surface area contributed by atoms with Crippen LogP contribution in [0.1, 0.15) is 11.6 Å². The molecule has 0 spiro atoms. The Morgan fingerprint density at radius 2 is 1.69 bits per heavy atom. The zero-order valence-electron chi connectivity index (χ0n) is 13.8. The molecule has 0 aliphatic carbocycles. The summed E-state index contributed by atoms with van der Waals surface area (Å²) >= 11 is 0. The molecule has 1 amide bonds. The van der Waals surface area contributed by atoms with Crippen molar-refractivity contribution in [2.24, 2.45) is 0 Å². The molecule has 0 heterocycles. The summed E-state index contributed by atoms with van der Waals surface area (Å²) in [4.78, 5) is 23.8. The molecule has 0 saturated carbocycles. The third-order valence-corrected chi connectivity index (χ3v) is 4.84. The van der Waals surface area contributed by atoms with Gasteiger partial charge in [0.05, 0.1) is 18.6 Å². The van der Waals surface area contributed by atoms with E-state index in [1.165, 1.54) is 7.11 Å². The fourth-order valence-electron chi connectivity index (χ4n) is 2.11. The molecule has 0 aliphatic heterocycles. The standard InChI is InChI=1S/C17H17FN2O5S/c1-25-17(22)16(12-5-3-2-4-6-12)20-15(21)11-19-26(23,24)14-9-7-13(18)8-10-14/h2-10,16,19H,11H2,1H3,(H,20,21)/t16-/m0/s1. The van der Waals surface area contributed by atoms with Gasteiger partial charge in [0.15, 0.2) is 6.04 Å². The van der Waals surface area contributed by atoms with Gasteiger partial charge in [-0.15, -0.1) is 0 Å². The van der Waals surface area contributed by atoms with Gasteiger partial charge in [-0.3, -0.25) is 4.79 Å². The predicted molar refractivity (Wildman–Crippen MR) is 90.9 cm³/mol. The van der Waals surface area contributed by atoms with Crippen LogP contribution in [0.15, 0.2) is 59.5 Å².